The fourth-order valence-electron chi connectivity index (χ4n) is 1.97. The van der Waals surface area contributed by atoms with Gasteiger partial charge in [-0.1, -0.05) is 0 Å². The lowest BCUT2D eigenvalue weighted by Gasteiger charge is -2.30. The maximum absolute atomic E-state index is 11.9. The maximum atomic E-state index is 11.9. The highest BCUT2D eigenvalue weighted by Gasteiger charge is 2.20. The summed E-state index contributed by atoms with van der Waals surface area (Å²) < 4.78 is 1.89. The zero-order valence-electron chi connectivity index (χ0n) is 8.80. The molecule has 2 rings (SSSR count). The predicted molar refractivity (Wildman–Crippen MR) is 58.2 cm³/mol. The molecule has 4 nitrogen and oxygen atoms in total. The Hall–Kier alpha value is -1.29. The number of piperidine rings is 1. The number of likely N-dealkylation sites (tertiary alicyclic amines) is 1. The number of amides is 1. The molecule has 0 aliphatic carbocycles. The van der Waals surface area contributed by atoms with Crippen LogP contribution in [0.2, 0.25) is 0 Å². The second-order valence-corrected chi connectivity index (χ2v) is 4.10. The Labute approximate surface area is 89.7 Å². The van der Waals surface area contributed by atoms with Crippen LogP contribution in [0, 0.1) is 0 Å². The maximum Gasteiger partial charge on any atom is 0.242 e. The lowest BCUT2D eigenvalue weighted by molar-refractivity contribution is -0.133. The van der Waals surface area contributed by atoms with Crippen LogP contribution in [-0.2, 0) is 11.3 Å². The molecule has 1 aromatic rings. The highest BCUT2D eigenvalue weighted by molar-refractivity contribution is 5.76. The van der Waals surface area contributed by atoms with E-state index < -0.39 is 0 Å². The minimum Gasteiger partial charge on any atom is -0.345 e. The van der Waals surface area contributed by atoms with Gasteiger partial charge in [0.25, 0.3) is 0 Å². The summed E-state index contributed by atoms with van der Waals surface area (Å²) in [5.74, 6) is 0.168. The van der Waals surface area contributed by atoms with E-state index in [0.717, 1.165) is 19.4 Å². The molecule has 82 valence electrons. The molecule has 1 aliphatic rings. The molecule has 1 amide bonds. The van der Waals surface area contributed by atoms with Crippen molar-refractivity contribution >= 4 is 5.91 Å². The second-order valence-electron chi connectivity index (χ2n) is 4.10. The number of rotatable bonds is 2. The standard InChI is InChI=1S/C11H17N3O/c12-10-4-3-7-14(8-10)11(15)9-13-5-1-2-6-13/h1-2,5-6,10H,3-4,7-9,12H2/t10-/m0/s1. The SMILES string of the molecule is N[C@H]1CCCN(C(=O)Cn2cccc2)C1. The van der Waals surface area contributed by atoms with Crippen LogP contribution in [0.15, 0.2) is 24.5 Å². The van der Waals surface area contributed by atoms with E-state index in [-0.39, 0.29) is 11.9 Å². The Morgan fingerprint density at radius 2 is 2.13 bits per heavy atom. The third kappa shape index (κ3) is 2.59. The lowest BCUT2D eigenvalue weighted by Crippen LogP contribution is -2.46. The van der Waals surface area contributed by atoms with Gasteiger partial charge in [0, 0.05) is 31.5 Å². The van der Waals surface area contributed by atoms with Gasteiger partial charge >= 0.3 is 0 Å². The Morgan fingerprint density at radius 1 is 1.40 bits per heavy atom. The zero-order valence-corrected chi connectivity index (χ0v) is 8.80. The Morgan fingerprint density at radius 3 is 2.80 bits per heavy atom. The van der Waals surface area contributed by atoms with Crippen molar-refractivity contribution in [1.29, 1.82) is 0 Å². The molecular formula is C11H17N3O. The minimum absolute atomic E-state index is 0.160. The summed E-state index contributed by atoms with van der Waals surface area (Å²) in [5.41, 5.74) is 5.84. The number of carbonyl (C=O) groups excluding carboxylic acids is 1. The molecule has 0 saturated carbocycles. The molecule has 2 N–H and O–H groups in total. The van der Waals surface area contributed by atoms with Gasteiger partial charge < -0.3 is 15.2 Å². The van der Waals surface area contributed by atoms with Gasteiger partial charge in [-0.2, -0.15) is 0 Å². The summed E-state index contributed by atoms with van der Waals surface area (Å²) in [5, 5.41) is 0. The zero-order chi connectivity index (χ0) is 10.7. The summed E-state index contributed by atoms with van der Waals surface area (Å²) in [6.07, 6.45) is 5.87. The smallest absolute Gasteiger partial charge is 0.242 e. The van der Waals surface area contributed by atoms with E-state index in [9.17, 15) is 4.79 Å². The van der Waals surface area contributed by atoms with Crippen LogP contribution in [0.1, 0.15) is 12.8 Å². The van der Waals surface area contributed by atoms with Crippen molar-refractivity contribution in [3.05, 3.63) is 24.5 Å². The first kappa shape index (κ1) is 10.2. The molecule has 0 unspecified atom stereocenters. The third-order valence-electron chi connectivity index (χ3n) is 2.79. The fourth-order valence-corrected chi connectivity index (χ4v) is 1.97. The number of aromatic nitrogens is 1. The Balaban J connectivity index is 1.90. The third-order valence-corrected chi connectivity index (χ3v) is 2.79. The first-order valence-electron chi connectivity index (χ1n) is 5.40. The monoisotopic (exact) mass is 207 g/mol. The Kier molecular flexibility index (Phi) is 3.06. The molecule has 0 radical (unpaired) electrons. The van der Waals surface area contributed by atoms with E-state index in [1.807, 2.05) is 34.0 Å². The normalized spacial score (nSPS) is 21.7. The molecule has 0 aromatic carbocycles. The summed E-state index contributed by atoms with van der Waals surface area (Å²) in [4.78, 5) is 13.7. The summed E-state index contributed by atoms with van der Waals surface area (Å²) >= 11 is 0. The lowest BCUT2D eigenvalue weighted by atomic mass is 10.1. The molecule has 0 bridgehead atoms. The van der Waals surface area contributed by atoms with E-state index in [1.165, 1.54) is 0 Å². The number of nitrogens with two attached hydrogens (primary N) is 1. The molecule has 4 heteroatoms. The van der Waals surface area contributed by atoms with Crippen molar-refractivity contribution in [2.45, 2.75) is 25.4 Å². The number of hydrogen-bond acceptors (Lipinski definition) is 2. The summed E-state index contributed by atoms with van der Waals surface area (Å²) in [6.45, 7) is 1.99. The van der Waals surface area contributed by atoms with Crippen molar-refractivity contribution < 1.29 is 4.79 Å². The molecular weight excluding hydrogens is 190 g/mol. The average Bonchev–Trinajstić information content (AvgIpc) is 2.70. The predicted octanol–water partition coefficient (Wildman–Crippen LogP) is 0.438. The fraction of sp³-hybridized carbons (Fsp3) is 0.545. The van der Waals surface area contributed by atoms with Gasteiger partial charge in [0.1, 0.15) is 6.54 Å². The number of carbonyl (C=O) groups is 1. The van der Waals surface area contributed by atoms with Crippen molar-refractivity contribution in [3.63, 3.8) is 0 Å². The first-order chi connectivity index (χ1) is 7.25. The highest BCUT2D eigenvalue weighted by Crippen LogP contribution is 2.08. The van der Waals surface area contributed by atoms with Gasteiger partial charge in [-0.25, -0.2) is 0 Å². The van der Waals surface area contributed by atoms with Crippen LogP contribution in [-0.4, -0.2) is 34.5 Å². The van der Waals surface area contributed by atoms with Gasteiger partial charge in [0.15, 0.2) is 0 Å². The van der Waals surface area contributed by atoms with Crippen LogP contribution >= 0.6 is 0 Å². The quantitative estimate of drug-likeness (QED) is 0.765. The van der Waals surface area contributed by atoms with Gasteiger partial charge in [0.05, 0.1) is 0 Å². The van der Waals surface area contributed by atoms with Gasteiger partial charge in [0.2, 0.25) is 5.91 Å². The molecule has 0 spiro atoms. The molecule has 1 saturated heterocycles. The topological polar surface area (TPSA) is 51.3 Å². The van der Waals surface area contributed by atoms with Crippen molar-refractivity contribution in [2.24, 2.45) is 5.73 Å². The molecule has 2 heterocycles. The van der Waals surface area contributed by atoms with E-state index in [1.54, 1.807) is 0 Å². The highest BCUT2D eigenvalue weighted by atomic mass is 16.2. The number of hydrogen-bond donors (Lipinski definition) is 1. The van der Waals surface area contributed by atoms with E-state index >= 15 is 0 Å². The number of nitrogens with zero attached hydrogens (tertiary/aromatic N) is 2. The van der Waals surface area contributed by atoms with Crippen LogP contribution in [0.5, 0.6) is 0 Å². The van der Waals surface area contributed by atoms with E-state index in [0.29, 0.717) is 13.1 Å². The molecule has 1 fully saturated rings. The summed E-state index contributed by atoms with van der Waals surface area (Å²) in [7, 11) is 0. The van der Waals surface area contributed by atoms with Crippen molar-refractivity contribution in [1.82, 2.24) is 9.47 Å². The largest absolute Gasteiger partial charge is 0.345 e. The van der Waals surface area contributed by atoms with Gasteiger partial charge in [-0.15, -0.1) is 0 Å². The first-order valence-corrected chi connectivity index (χ1v) is 5.40. The van der Waals surface area contributed by atoms with Crippen LogP contribution in [0.3, 0.4) is 0 Å². The van der Waals surface area contributed by atoms with Gasteiger partial charge in [-0.05, 0) is 25.0 Å². The van der Waals surface area contributed by atoms with Crippen LogP contribution in [0.4, 0.5) is 0 Å². The second kappa shape index (κ2) is 4.49. The van der Waals surface area contributed by atoms with Crippen LogP contribution in [0.25, 0.3) is 0 Å². The van der Waals surface area contributed by atoms with Gasteiger partial charge in [-0.3, -0.25) is 4.79 Å². The van der Waals surface area contributed by atoms with E-state index in [2.05, 4.69) is 0 Å². The molecule has 15 heavy (non-hydrogen) atoms. The van der Waals surface area contributed by atoms with Crippen molar-refractivity contribution in [3.8, 4) is 0 Å². The van der Waals surface area contributed by atoms with Crippen molar-refractivity contribution in [2.75, 3.05) is 13.1 Å². The minimum atomic E-state index is 0.160. The van der Waals surface area contributed by atoms with Crippen LogP contribution < -0.4 is 5.73 Å². The average molecular weight is 207 g/mol. The molecule has 1 atom stereocenters. The van der Waals surface area contributed by atoms with E-state index in [4.69, 9.17) is 5.73 Å². The molecule has 1 aromatic heterocycles. The Bertz CT molecular complexity index is 321. The summed E-state index contributed by atoms with van der Waals surface area (Å²) in [6, 6.07) is 4.01. The molecule has 1 aliphatic heterocycles.